The Morgan fingerprint density at radius 3 is 2.65 bits per heavy atom. The molecule has 0 spiro atoms. The van der Waals surface area contributed by atoms with Crippen LogP contribution in [0.2, 0.25) is 0 Å². The molecule has 0 heterocycles. The fourth-order valence-electron chi connectivity index (χ4n) is 2.54. The molecule has 0 aliphatic heterocycles. The highest BCUT2D eigenvalue weighted by Crippen LogP contribution is 2.44. The van der Waals surface area contributed by atoms with Gasteiger partial charge in [0.05, 0.1) is 5.41 Å². The van der Waals surface area contributed by atoms with Crippen LogP contribution in [0.15, 0.2) is 24.3 Å². The summed E-state index contributed by atoms with van der Waals surface area (Å²) < 4.78 is 13.2. The van der Waals surface area contributed by atoms with E-state index in [1.807, 2.05) is 0 Å². The zero-order valence-corrected chi connectivity index (χ0v) is 11.4. The molecule has 4 nitrogen and oxygen atoms in total. The first-order valence-electron chi connectivity index (χ1n) is 6.71. The predicted molar refractivity (Wildman–Crippen MR) is 71.6 cm³/mol. The minimum atomic E-state index is -1.06. The monoisotopic (exact) mass is 279 g/mol. The molecule has 5 heteroatoms. The third-order valence-corrected chi connectivity index (χ3v) is 3.94. The maximum absolute atomic E-state index is 13.2. The highest BCUT2D eigenvalue weighted by atomic mass is 19.1. The third-order valence-electron chi connectivity index (χ3n) is 3.94. The summed E-state index contributed by atoms with van der Waals surface area (Å²) in [5, 5.41) is 11.4. The van der Waals surface area contributed by atoms with Gasteiger partial charge in [-0.1, -0.05) is 18.6 Å². The van der Waals surface area contributed by atoms with Gasteiger partial charge in [-0.2, -0.15) is 0 Å². The SMILES string of the molecule is C[C@H](NC(=O)C1(Cc2cccc(F)c2)CCC1)C(=O)O. The molecule has 0 aromatic heterocycles. The second-order valence-electron chi connectivity index (χ2n) is 5.47. The summed E-state index contributed by atoms with van der Waals surface area (Å²) in [7, 11) is 0. The van der Waals surface area contributed by atoms with E-state index in [9.17, 15) is 14.0 Å². The van der Waals surface area contributed by atoms with Gasteiger partial charge in [0, 0.05) is 0 Å². The largest absolute Gasteiger partial charge is 0.480 e. The van der Waals surface area contributed by atoms with Crippen molar-refractivity contribution in [3.05, 3.63) is 35.6 Å². The normalized spacial score (nSPS) is 17.9. The summed E-state index contributed by atoms with van der Waals surface area (Å²) in [5.41, 5.74) is 0.181. The molecule has 1 aromatic rings. The molecule has 0 radical (unpaired) electrons. The number of rotatable bonds is 5. The highest BCUT2D eigenvalue weighted by Gasteiger charge is 2.44. The molecule has 1 amide bonds. The Hall–Kier alpha value is -1.91. The van der Waals surface area contributed by atoms with Crippen molar-refractivity contribution in [1.82, 2.24) is 5.32 Å². The lowest BCUT2D eigenvalue weighted by atomic mass is 9.64. The average molecular weight is 279 g/mol. The fourth-order valence-corrected chi connectivity index (χ4v) is 2.54. The third kappa shape index (κ3) is 2.98. The number of nitrogens with one attached hydrogen (secondary N) is 1. The van der Waals surface area contributed by atoms with Crippen molar-refractivity contribution >= 4 is 11.9 Å². The Bertz CT molecular complexity index is 526. The van der Waals surface area contributed by atoms with E-state index in [-0.39, 0.29) is 11.7 Å². The second kappa shape index (κ2) is 5.61. The fraction of sp³-hybridized carbons (Fsp3) is 0.467. The molecule has 0 saturated heterocycles. The van der Waals surface area contributed by atoms with Crippen LogP contribution in [-0.2, 0) is 16.0 Å². The number of halogens is 1. The Morgan fingerprint density at radius 2 is 2.15 bits per heavy atom. The van der Waals surface area contributed by atoms with Crippen molar-refractivity contribution in [2.45, 2.75) is 38.6 Å². The summed E-state index contributed by atoms with van der Waals surface area (Å²) in [6.45, 7) is 1.44. The summed E-state index contributed by atoms with van der Waals surface area (Å²) >= 11 is 0. The summed E-state index contributed by atoms with van der Waals surface area (Å²) in [4.78, 5) is 23.1. The molecule has 0 unspecified atom stereocenters. The van der Waals surface area contributed by atoms with Crippen LogP contribution in [0.5, 0.6) is 0 Å². The molecular formula is C15H18FNO3. The van der Waals surface area contributed by atoms with E-state index >= 15 is 0 Å². The van der Waals surface area contributed by atoms with Gasteiger partial charge in [-0.05, 0) is 43.9 Å². The van der Waals surface area contributed by atoms with Crippen LogP contribution < -0.4 is 5.32 Å². The molecule has 108 valence electrons. The van der Waals surface area contributed by atoms with Gasteiger partial charge in [0.25, 0.3) is 0 Å². The Balaban J connectivity index is 2.09. The standard InChI is InChI=1S/C15H18FNO3/c1-10(13(18)19)17-14(20)15(6-3-7-15)9-11-4-2-5-12(16)8-11/h2,4-5,8,10H,3,6-7,9H2,1H3,(H,17,20)(H,18,19)/t10-/m0/s1. The molecule has 2 N–H and O–H groups in total. The van der Waals surface area contributed by atoms with Crippen molar-refractivity contribution in [2.75, 3.05) is 0 Å². The van der Waals surface area contributed by atoms with Crippen LogP contribution in [-0.4, -0.2) is 23.0 Å². The van der Waals surface area contributed by atoms with Gasteiger partial charge in [-0.3, -0.25) is 9.59 Å². The topological polar surface area (TPSA) is 66.4 Å². The van der Waals surface area contributed by atoms with Crippen molar-refractivity contribution in [3.63, 3.8) is 0 Å². The number of hydrogen-bond donors (Lipinski definition) is 2. The zero-order valence-electron chi connectivity index (χ0n) is 11.4. The Morgan fingerprint density at radius 1 is 1.45 bits per heavy atom. The average Bonchev–Trinajstić information content (AvgIpc) is 2.33. The smallest absolute Gasteiger partial charge is 0.325 e. The summed E-state index contributed by atoms with van der Waals surface area (Å²) in [5.74, 6) is -1.63. The van der Waals surface area contributed by atoms with E-state index in [0.29, 0.717) is 19.3 Å². The zero-order chi connectivity index (χ0) is 14.8. The molecule has 1 saturated carbocycles. The number of aliphatic carboxylic acids is 1. The van der Waals surface area contributed by atoms with Crippen molar-refractivity contribution < 1.29 is 19.1 Å². The van der Waals surface area contributed by atoms with Crippen LogP contribution in [0.1, 0.15) is 31.7 Å². The van der Waals surface area contributed by atoms with Gasteiger partial charge < -0.3 is 10.4 Å². The van der Waals surface area contributed by atoms with Gasteiger partial charge in [-0.25, -0.2) is 4.39 Å². The molecule has 0 bridgehead atoms. The predicted octanol–water partition coefficient (Wildman–Crippen LogP) is 2.13. The number of carboxylic acid groups (broad SMARTS) is 1. The van der Waals surface area contributed by atoms with Gasteiger partial charge in [-0.15, -0.1) is 0 Å². The number of carboxylic acids is 1. The van der Waals surface area contributed by atoms with E-state index in [1.54, 1.807) is 12.1 Å². The van der Waals surface area contributed by atoms with E-state index in [2.05, 4.69) is 5.32 Å². The van der Waals surface area contributed by atoms with Crippen molar-refractivity contribution in [1.29, 1.82) is 0 Å². The molecule has 20 heavy (non-hydrogen) atoms. The molecule has 1 fully saturated rings. The number of carbonyl (C=O) groups excluding carboxylic acids is 1. The Labute approximate surface area is 117 Å². The lowest BCUT2D eigenvalue weighted by Gasteiger charge is -2.40. The second-order valence-corrected chi connectivity index (χ2v) is 5.47. The molecule has 1 atom stereocenters. The minimum absolute atomic E-state index is 0.247. The molecule has 2 rings (SSSR count). The minimum Gasteiger partial charge on any atom is -0.480 e. The van der Waals surface area contributed by atoms with Gasteiger partial charge in [0.15, 0.2) is 0 Å². The van der Waals surface area contributed by atoms with E-state index in [1.165, 1.54) is 19.1 Å². The van der Waals surface area contributed by atoms with Crippen LogP contribution >= 0.6 is 0 Å². The maximum Gasteiger partial charge on any atom is 0.325 e. The highest BCUT2D eigenvalue weighted by molar-refractivity contribution is 5.88. The van der Waals surface area contributed by atoms with Gasteiger partial charge in [0.2, 0.25) is 5.91 Å². The van der Waals surface area contributed by atoms with Gasteiger partial charge >= 0.3 is 5.97 Å². The van der Waals surface area contributed by atoms with E-state index in [0.717, 1.165) is 12.0 Å². The quantitative estimate of drug-likeness (QED) is 0.867. The first kappa shape index (κ1) is 14.5. The molecule has 1 aliphatic carbocycles. The van der Waals surface area contributed by atoms with E-state index in [4.69, 9.17) is 5.11 Å². The molecule has 1 aromatic carbocycles. The first-order valence-corrected chi connectivity index (χ1v) is 6.71. The Kier molecular flexibility index (Phi) is 4.06. The molecule has 1 aliphatic rings. The number of amides is 1. The lowest BCUT2D eigenvalue weighted by molar-refractivity contribution is -0.145. The van der Waals surface area contributed by atoms with Gasteiger partial charge in [0.1, 0.15) is 11.9 Å². The van der Waals surface area contributed by atoms with Crippen LogP contribution in [0.25, 0.3) is 0 Å². The number of carbonyl (C=O) groups is 2. The number of benzene rings is 1. The van der Waals surface area contributed by atoms with Crippen molar-refractivity contribution in [2.24, 2.45) is 5.41 Å². The van der Waals surface area contributed by atoms with E-state index < -0.39 is 17.4 Å². The lowest BCUT2D eigenvalue weighted by Crippen LogP contribution is -2.51. The number of hydrogen-bond acceptors (Lipinski definition) is 2. The maximum atomic E-state index is 13.2. The van der Waals surface area contributed by atoms with Crippen LogP contribution in [0.3, 0.4) is 0 Å². The first-order chi connectivity index (χ1) is 9.43. The van der Waals surface area contributed by atoms with Crippen LogP contribution in [0, 0.1) is 11.2 Å². The summed E-state index contributed by atoms with van der Waals surface area (Å²) in [6, 6.07) is 5.29. The van der Waals surface area contributed by atoms with Crippen molar-refractivity contribution in [3.8, 4) is 0 Å². The van der Waals surface area contributed by atoms with Crippen LogP contribution in [0.4, 0.5) is 4.39 Å². The summed E-state index contributed by atoms with van der Waals surface area (Å²) in [6.07, 6.45) is 2.80. The molecular weight excluding hydrogens is 261 g/mol.